The summed E-state index contributed by atoms with van der Waals surface area (Å²) < 4.78 is 39.8. The smallest absolute Gasteiger partial charge is 0.268 e. The number of fused-ring (bicyclic) bond motifs is 1. The van der Waals surface area contributed by atoms with Crippen LogP contribution >= 0.6 is 11.5 Å². The second-order valence-electron chi connectivity index (χ2n) is 4.06. The van der Waals surface area contributed by atoms with Gasteiger partial charge in [-0.1, -0.05) is 24.9 Å². The summed E-state index contributed by atoms with van der Waals surface area (Å²) >= 11 is 1.22. The van der Waals surface area contributed by atoms with Crippen molar-refractivity contribution in [1.29, 1.82) is 0 Å². The minimum Gasteiger partial charge on any atom is -0.268 e. The zero-order chi connectivity index (χ0) is 13.3. The van der Waals surface area contributed by atoms with Crippen molar-refractivity contribution in [2.45, 2.75) is 32.5 Å². The van der Waals surface area contributed by atoms with Crippen LogP contribution in [0.1, 0.15) is 25.3 Å². The molecule has 0 saturated carbocycles. The van der Waals surface area contributed by atoms with Crippen molar-refractivity contribution in [2.24, 2.45) is 0 Å². The van der Waals surface area contributed by atoms with E-state index in [1.165, 1.54) is 21.6 Å². The predicted octanol–water partition coefficient (Wildman–Crippen LogP) is 3.88. The van der Waals surface area contributed by atoms with Crippen LogP contribution in [0.2, 0.25) is 0 Å². The Balaban J connectivity index is 2.50. The molecule has 0 aliphatic heterocycles. The first-order valence-corrected chi connectivity index (χ1v) is 6.42. The van der Waals surface area contributed by atoms with Crippen LogP contribution in [0.15, 0.2) is 23.0 Å². The number of nitrogens with zero attached hydrogens (tertiary/aromatic N) is 1. The molecule has 0 spiro atoms. The van der Waals surface area contributed by atoms with Crippen molar-refractivity contribution in [3.63, 3.8) is 0 Å². The van der Waals surface area contributed by atoms with Crippen molar-refractivity contribution in [1.82, 2.24) is 3.96 Å². The first-order valence-electron chi connectivity index (χ1n) is 5.64. The lowest BCUT2D eigenvalue weighted by Crippen LogP contribution is -2.13. The Morgan fingerprint density at radius 3 is 2.67 bits per heavy atom. The number of aryl methyl sites for hydroxylation is 1. The molecule has 6 heteroatoms. The highest BCUT2D eigenvalue weighted by Gasteiger charge is 2.31. The number of aromatic nitrogens is 1. The lowest BCUT2D eigenvalue weighted by molar-refractivity contribution is -0.137. The van der Waals surface area contributed by atoms with Crippen LogP contribution in [0, 0.1) is 0 Å². The normalized spacial score (nSPS) is 12.2. The van der Waals surface area contributed by atoms with E-state index < -0.39 is 11.7 Å². The Hall–Kier alpha value is -1.30. The lowest BCUT2D eigenvalue weighted by Gasteiger charge is -2.04. The van der Waals surface area contributed by atoms with Gasteiger partial charge < -0.3 is 0 Å². The molecule has 0 amide bonds. The van der Waals surface area contributed by atoms with Crippen LogP contribution < -0.4 is 5.56 Å². The molecule has 0 saturated heterocycles. The van der Waals surface area contributed by atoms with Gasteiger partial charge >= 0.3 is 6.18 Å². The largest absolute Gasteiger partial charge is 0.416 e. The number of halogens is 3. The van der Waals surface area contributed by atoms with Gasteiger partial charge in [0, 0.05) is 6.54 Å². The molecular weight excluding hydrogens is 263 g/mol. The summed E-state index contributed by atoms with van der Waals surface area (Å²) in [5.74, 6) is 0. The van der Waals surface area contributed by atoms with Gasteiger partial charge in [0.25, 0.3) is 5.56 Å². The number of hydrogen-bond donors (Lipinski definition) is 0. The molecule has 2 rings (SSSR count). The predicted molar refractivity (Wildman–Crippen MR) is 66.0 cm³/mol. The van der Waals surface area contributed by atoms with Gasteiger partial charge in [-0.3, -0.25) is 8.75 Å². The van der Waals surface area contributed by atoms with Crippen molar-refractivity contribution in [3.05, 3.63) is 34.1 Å². The third kappa shape index (κ3) is 2.43. The maximum absolute atomic E-state index is 12.6. The summed E-state index contributed by atoms with van der Waals surface area (Å²) in [6.07, 6.45) is -2.62. The Labute approximate surface area is 106 Å². The van der Waals surface area contributed by atoms with Gasteiger partial charge in [-0.15, -0.1) is 0 Å². The molecule has 98 valence electrons. The van der Waals surface area contributed by atoms with E-state index in [0.29, 0.717) is 11.2 Å². The quantitative estimate of drug-likeness (QED) is 0.833. The number of unbranched alkanes of at least 4 members (excludes halogenated alkanes) is 1. The van der Waals surface area contributed by atoms with Gasteiger partial charge in [0.2, 0.25) is 0 Å². The van der Waals surface area contributed by atoms with Crippen LogP contribution in [0.3, 0.4) is 0 Å². The fourth-order valence-corrected chi connectivity index (χ4v) is 2.71. The fourth-order valence-electron chi connectivity index (χ4n) is 1.70. The van der Waals surface area contributed by atoms with Crippen LogP contribution in [-0.2, 0) is 12.7 Å². The summed E-state index contributed by atoms with van der Waals surface area (Å²) in [5, 5.41) is 0.158. The Morgan fingerprint density at radius 1 is 1.33 bits per heavy atom. The van der Waals surface area contributed by atoms with Gasteiger partial charge in [-0.25, -0.2) is 0 Å². The Bertz CT molecular complexity index is 612. The molecule has 1 aromatic heterocycles. The fraction of sp³-hybridized carbons (Fsp3) is 0.417. The van der Waals surface area contributed by atoms with E-state index in [0.717, 1.165) is 25.0 Å². The zero-order valence-electron chi connectivity index (χ0n) is 9.75. The average Bonchev–Trinajstić information content (AvgIpc) is 2.62. The number of alkyl halides is 3. The van der Waals surface area contributed by atoms with Crippen LogP contribution in [0.25, 0.3) is 10.1 Å². The van der Waals surface area contributed by atoms with E-state index in [-0.39, 0.29) is 10.9 Å². The third-order valence-electron chi connectivity index (χ3n) is 2.69. The molecule has 0 unspecified atom stereocenters. The van der Waals surface area contributed by atoms with Crippen LogP contribution in [0.5, 0.6) is 0 Å². The summed E-state index contributed by atoms with van der Waals surface area (Å²) in [6.45, 7) is 2.57. The molecule has 0 aliphatic carbocycles. The standard InChI is InChI=1S/C12H12F3NOS/c1-2-3-6-16-11(17)9-7-8(12(13,14)15)4-5-10(9)18-16/h4-5,7H,2-3,6H2,1H3. The van der Waals surface area contributed by atoms with E-state index in [9.17, 15) is 18.0 Å². The summed E-state index contributed by atoms with van der Waals surface area (Å²) in [5.41, 5.74) is -1.10. The first kappa shape index (κ1) is 13.1. The Kier molecular flexibility index (Phi) is 3.47. The minimum absolute atomic E-state index is 0.158. The van der Waals surface area contributed by atoms with Gasteiger partial charge in [-0.05, 0) is 24.6 Å². The zero-order valence-corrected chi connectivity index (χ0v) is 10.6. The van der Waals surface area contributed by atoms with Gasteiger partial charge in [0.05, 0.1) is 15.6 Å². The van der Waals surface area contributed by atoms with Gasteiger partial charge in [-0.2, -0.15) is 13.2 Å². The SMILES string of the molecule is CCCCn1sc2ccc(C(F)(F)F)cc2c1=O. The van der Waals surface area contributed by atoms with E-state index in [2.05, 4.69) is 0 Å². The molecule has 0 aliphatic rings. The number of hydrogen-bond acceptors (Lipinski definition) is 2. The average molecular weight is 275 g/mol. The maximum atomic E-state index is 12.6. The van der Waals surface area contributed by atoms with E-state index in [1.54, 1.807) is 0 Å². The van der Waals surface area contributed by atoms with Gasteiger partial charge in [0.1, 0.15) is 0 Å². The van der Waals surface area contributed by atoms with Gasteiger partial charge in [0.15, 0.2) is 0 Å². The van der Waals surface area contributed by atoms with Crippen molar-refractivity contribution in [3.8, 4) is 0 Å². The Morgan fingerprint density at radius 2 is 2.06 bits per heavy atom. The van der Waals surface area contributed by atoms with Crippen LogP contribution in [-0.4, -0.2) is 3.96 Å². The monoisotopic (exact) mass is 275 g/mol. The van der Waals surface area contributed by atoms with Crippen LogP contribution in [0.4, 0.5) is 13.2 Å². The molecule has 0 N–H and O–H groups in total. The van der Waals surface area contributed by atoms with E-state index in [4.69, 9.17) is 0 Å². The highest BCUT2D eigenvalue weighted by Crippen LogP contribution is 2.31. The van der Waals surface area contributed by atoms with Crippen molar-refractivity contribution >= 4 is 21.6 Å². The highest BCUT2D eigenvalue weighted by atomic mass is 32.1. The molecular formula is C12H12F3NOS. The molecule has 1 heterocycles. The lowest BCUT2D eigenvalue weighted by atomic mass is 10.2. The third-order valence-corrected chi connectivity index (χ3v) is 3.81. The molecule has 0 radical (unpaired) electrons. The molecule has 2 nitrogen and oxygen atoms in total. The molecule has 0 bridgehead atoms. The summed E-state index contributed by atoms with van der Waals surface area (Å²) in [7, 11) is 0. The summed E-state index contributed by atoms with van der Waals surface area (Å²) in [6, 6.07) is 3.33. The number of benzene rings is 1. The van der Waals surface area contributed by atoms with Crippen molar-refractivity contribution in [2.75, 3.05) is 0 Å². The topological polar surface area (TPSA) is 22.0 Å². The number of rotatable bonds is 3. The molecule has 0 fully saturated rings. The molecule has 1 aromatic carbocycles. The molecule has 0 atom stereocenters. The van der Waals surface area contributed by atoms with Crippen molar-refractivity contribution < 1.29 is 13.2 Å². The minimum atomic E-state index is -4.41. The molecule has 2 aromatic rings. The molecule has 18 heavy (non-hydrogen) atoms. The van der Waals surface area contributed by atoms with E-state index >= 15 is 0 Å². The maximum Gasteiger partial charge on any atom is 0.416 e. The highest BCUT2D eigenvalue weighted by molar-refractivity contribution is 7.13. The summed E-state index contributed by atoms with van der Waals surface area (Å²) in [4.78, 5) is 11.9. The second-order valence-corrected chi connectivity index (χ2v) is 5.12. The first-order chi connectivity index (χ1) is 8.43. The van der Waals surface area contributed by atoms with E-state index in [1.807, 2.05) is 6.92 Å². The second kappa shape index (κ2) is 4.76.